The highest BCUT2D eigenvalue weighted by molar-refractivity contribution is 7.12. The minimum atomic E-state index is -0.909. The maximum atomic E-state index is 12.0. The SMILES string of the molecule is CC(O/N=C(/N)c1cccs1)C(=O)Nc1cccc([N+](=O)[O-])c1. The Morgan fingerprint density at radius 3 is 2.87 bits per heavy atom. The fraction of sp³-hybridized carbons (Fsp3) is 0.143. The Labute approximate surface area is 135 Å². The number of amides is 1. The summed E-state index contributed by atoms with van der Waals surface area (Å²) in [6, 6.07) is 9.21. The van der Waals surface area contributed by atoms with Gasteiger partial charge >= 0.3 is 0 Å². The number of nitro benzene ring substituents is 1. The van der Waals surface area contributed by atoms with Crippen LogP contribution in [-0.2, 0) is 9.63 Å². The third-order valence-corrected chi connectivity index (χ3v) is 3.67. The number of carbonyl (C=O) groups is 1. The zero-order valence-electron chi connectivity index (χ0n) is 12.1. The van der Waals surface area contributed by atoms with Gasteiger partial charge in [-0.2, -0.15) is 0 Å². The summed E-state index contributed by atoms with van der Waals surface area (Å²) in [5.41, 5.74) is 5.91. The number of rotatable bonds is 6. The summed E-state index contributed by atoms with van der Waals surface area (Å²) < 4.78 is 0. The molecule has 0 bridgehead atoms. The van der Waals surface area contributed by atoms with Crippen LogP contribution in [0.25, 0.3) is 0 Å². The fourth-order valence-corrected chi connectivity index (χ4v) is 2.21. The van der Waals surface area contributed by atoms with E-state index in [2.05, 4.69) is 10.5 Å². The van der Waals surface area contributed by atoms with Gasteiger partial charge in [0.05, 0.1) is 9.80 Å². The van der Waals surface area contributed by atoms with Gasteiger partial charge in [0.25, 0.3) is 11.6 Å². The number of oxime groups is 1. The Hall–Kier alpha value is -2.94. The Bertz CT molecular complexity index is 730. The van der Waals surface area contributed by atoms with E-state index in [1.54, 1.807) is 12.1 Å². The number of thiophene rings is 1. The van der Waals surface area contributed by atoms with E-state index in [1.807, 2.05) is 11.4 Å². The van der Waals surface area contributed by atoms with Gasteiger partial charge in [-0.3, -0.25) is 14.9 Å². The first-order valence-corrected chi connectivity index (χ1v) is 7.44. The molecule has 1 aromatic heterocycles. The van der Waals surface area contributed by atoms with Crippen LogP contribution in [0.4, 0.5) is 11.4 Å². The zero-order chi connectivity index (χ0) is 16.8. The fourth-order valence-electron chi connectivity index (χ4n) is 1.59. The van der Waals surface area contributed by atoms with E-state index in [0.29, 0.717) is 5.69 Å². The summed E-state index contributed by atoms with van der Waals surface area (Å²) in [5, 5.41) is 18.8. The van der Waals surface area contributed by atoms with Crippen LogP contribution < -0.4 is 11.1 Å². The van der Waals surface area contributed by atoms with Crippen LogP contribution in [0, 0.1) is 10.1 Å². The molecule has 1 aromatic carbocycles. The lowest BCUT2D eigenvalue weighted by atomic mass is 10.2. The molecule has 0 aliphatic heterocycles. The van der Waals surface area contributed by atoms with E-state index >= 15 is 0 Å². The monoisotopic (exact) mass is 334 g/mol. The first-order valence-electron chi connectivity index (χ1n) is 6.56. The van der Waals surface area contributed by atoms with Crippen LogP contribution in [0.15, 0.2) is 46.9 Å². The molecule has 120 valence electrons. The lowest BCUT2D eigenvalue weighted by molar-refractivity contribution is -0.384. The lowest BCUT2D eigenvalue weighted by Crippen LogP contribution is -2.27. The number of amidine groups is 1. The van der Waals surface area contributed by atoms with Crippen LogP contribution in [0.2, 0.25) is 0 Å². The van der Waals surface area contributed by atoms with Crippen molar-refractivity contribution in [3.05, 3.63) is 56.8 Å². The molecule has 0 aliphatic rings. The molecule has 2 aromatic rings. The topological polar surface area (TPSA) is 120 Å². The molecule has 0 radical (unpaired) electrons. The third kappa shape index (κ3) is 4.51. The van der Waals surface area contributed by atoms with Gasteiger partial charge in [-0.15, -0.1) is 11.3 Å². The Kier molecular flexibility index (Phi) is 5.26. The number of anilines is 1. The second-order valence-electron chi connectivity index (χ2n) is 4.50. The predicted octanol–water partition coefficient (Wildman–Crippen LogP) is 2.32. The van der Waals surface area contributed by atoms with Crippen molar-refractivity contribution in [3.63, 3.8) is 0 Å². The summed E-state index contributed by atoms with van der Waals surface area (Å²) in [4.78, 5) is 27.9. The number of hydrogen-bond donors (Lipinski definition) is 2. The zero-order valence-corrected chi connectivity index (χ0v) is 12.9. The molecule has 8 nitrogen and oxygen atoms in total. The van der Waals surface area contributed by atoms with Crippen molar-refractivity contribution in [1.29, 1.82) is 0 Å². The summed E-state index contributed by atoms with van der Waals surface area (Å²) >= 11 is 1.40. The van der Waals surface area contributed by atoms with Gasteiger partial charge < -0.3 is 15.9 Å². The molecule has 0 saturated carbocycles. The molecular formula is C14H14N4O4S. The number of non-ortho nitro benzene ring substituents is 1. The molecule has 1 amide bonds. The lowest BCUT2D eigenvalue weighted by Gasteiger charge is -2.10. The molecule has 1 atom stereocenters. The number of carbonyl (C=O) groups excluding carboxylic acids is 1. The smallest absolute Gasteiger partial charge is 0.271 e. The first-order chi connectivity index (χ1) is 11.0. The van der Waals surface area contributed by atoms with Crippen LogP contribution in [0.3, 0.4) is 0 Å². The van der Waals surface area contributed by atoms with Crippen LogP contribution >= 0.6 is 11.3 Å². The average Bonchev–Trinajstić information content (AvgIpc) is 3.07. The molecule has 9 heteroatoms. The molecule has 0 fully saturated rings. The molecule has 23 heavy (non-hydrogen) atoms. The van der Waals surface area contributed by atoms with Crippen molar-refractivity contribution in [2.24, 2.45) is 10.9 Å². The van der Waals surface area contributed by atoms with Crippen molar-refractivity contribution in [3.8, 4) is 0 Å². The van der Waals surface area contributed by atoms with Gasteiger partial charge in [0.2, 0.25) is 6.10 Å². The molecule has 3 N–H and O–H groups in total. The van der Waals surface area contributed by atoms with E-state index < -0.39 is 16.9 Å². The van der Waals surface area contributed by atoms with E-state index in [4.69, 9.17) is 10.6 Å². The molecule has 0 aliphatic carbocycles. The summed E-state index contributed by atoms with van der Waals surface area (Å²) in [6.07, 6.45) is -0.909. The van der Waals surface area contributed by atoms with Gasteiger partial charge in [0, 0.05) is 17.8 Å². The maximum absolute atomic E-state index is 12.0. The molecule has 0 saturated heterocycles. The highest BCUT2D eigenvalue weighted by atomic mass is 32.1. The molecule has 1 unspecified atom stereocenters. The van der Waals surface area contributed by atoms with Gasteiger partial charge in [-0.1, -0.05) is 17.3 Å². The van der Waals surface area contributed by atoms with E-state index in [0.717, 1.165) is 4.88 Å². The van der Waals surface area contributed by atoms with Crippen molar-refractivity contribution >= 4 is 34.5 Å². The summed E-state index contributed by atoms with van der Waals surface area (Å²) in [5.74, 6) is -0.316. The standard InChI is InChI=1S/C14H14N4O4S/c1-9(22-17-13(15)12-6-3-7-23-12)14(19)16-10-4-2-5-11(8-10)18(20)21/h2-9H,1H3,(H2,15,17)(H,16,19). The highest BCUT2D eigenvalue weighted by Gasteiger charge is 2.16. The number of nitrogens with one attached hydrogen (secondary N) is 1. The second kappa shape index (κ2) is 7.36. The minimum Gasteiger partial charge on any atom is -0.381 e. The van der Waals surface area contributed by atoms with Crippen LogP contribution in [0.1, 0.15) is 11.8 Å². The number of nitrogens with two attached hydrogens (primary N) is 1. The van der Waals surface area contributed by atoms with Gasteiger partial charge in [0.1, 0.15) is 0 Å². The van der Waals surface area contributed by atoms with Crippen LogP contribution in [0.5, 0.6) is 0 Å². The molecule has 1 heterocycles. The number of nitrogens with zero attached hydrogens (tertiary/aromatic N) is 2. The average molecular weight is 334 g/mol. The molecule has 2 rings (SSSR count). The number of nitro groups is 1. The van der Waals surface area contributed by atoms with Crippen LogP contribution in [-0.4, -0.2) is 22.8 Å². The third-order valence-electron chi connectivity index (χ3n) is 2.78. The molecular weight excluding hydrogens is 320 g/mol. The minimum absolute atomic E-state index is 0.115. The number of benzene rings is 1. The molecule has 0 spiro atoms. The Morgan fingerprint density at radius 1 is 1.43 bits per heavy atom. The Balaban J connectivity index is 1.96. The van der Waals surface area contributed by atoms with Gasteiger partial charge in [-0.05, 0) is 24.4 Å². The van der Waals surface area contributed by atoms with Gasteiger partial charge in [-0.25, -0.2) is 0 Å². The Morgan fingerprint density at radius 2 is 2.22 bits per heavy atom. The first kappa shape index (κ1) is 16.4. The quantitative estimate of drug-likeness (QED) is 0.363. The van der Waals surface area contributed by atoms with E-state index in [-0.39, 0.29) is 11.5 Å². The second-order valence-corrected chi connectivity index (χ2v) is 5.45. The highest BCUT2D eigenvalue weighted by Crippen LogP contribution is 2.17. The summed E-state index contributed by atoms with van der Waals surface area (Å²) in [6.45, 7) is 1.50. The number of hydrogen-bond acceptors (Lipinski definition) is 6. The van der Waals surface area contributed by atoms with E-state index in [9.17, 15) is 14.9 Å². The van der Waals surface area contributed by atoms with Crippen molar-refractivity contribution in [2.45, 2.75) is 13.0 Å². The van der Waals surface area contributed by atoms with Crippen molar-refractivity contribution < 1.29 is 14.6 Å². The largest absolute Gasteiger partial charge is 0.381 e. The van der Waals surface area contributed by atoms with Crippen molar-refractivity contribution in [1.82, 2.24) is 0 Å². The van der Waals surface area contributed by atoms with E-state index in [1.165, 1.54) is 36.5 Å². The normalized spacial score (nSPS) is 12.5. The maximum Gasteiger partial charge on any atom is 0.271 e. The predicted molar refractivity (Wildman–Crippen MR) is 87.3 cm³/mol. The van der Waals surface area contributed by atoms with Crippen molar-refractivity contribution in [2.75, 3.05) is 5.32 Å². The van der Waals surface area contributed by atoms with Gasteiger partial charge in [0.15, 0.2) is 5.84 Å². The summed E-state index contributed by atoms with van der Waals surface area (Å²) in [7, 11) is 0.